The number of aromatic nitrogens is 1. The van der Waals surface area contributed by atoms with Crippen LogP contribution in [-0.2, 0) is 19.9 Å². The van der Waals surface area contributed by atoms with E-state index in [-0.39, 0.29) is 45.2 Å². The second-order valence-corrected chi connectivity index (χ2v) is 14.9. The second kappa shape index (κ2) is 10.0. The Balaban J connectivity index is 1.74. The molecule has 1 fully saturated rings. The summed E-state index contributed by atoms with van der Waals surface area (Å²) < 4.78 is 80.1. The van der Waals surface area contributed by atoms with Crippen molar-refractivity contribution in [1.82, 2.24) is 15.0 Å². The standard InChI is InChI=1S/C24H27F2N3O5S3/c1-24(2,3)29-37(33,34)18-9-8-17(15-6-4-5-7-16(15)18)20-19(21(25)26)28-23(35-20)22(30)27-14-10-12-36(31,32)13-11-14/h4-9,14,21,29H,10-13H2,1-3H3,(H,27,30). The predicted octanol–water partition coefficient (Wildman–Crippen LogP) is 4.28. The minimum absolute atomic E-state index is 0.00936. The fourth-order valence-electron chi connectivity index (χ4n) is 4.21. The van der Waals surface area contributed by atoms with Crippen molar-refractivity contribution in [3.05, 3.63) is 47.1 Å². The quantitative estimate of drug-likeness (QED) is 0.455. The lowest BCUT2D eigenvalue weighted by molar-refractivity contribution is 0.0932. The van der Waals surface area contributed by atoms with E-state index in [4.69, 9.17) is 0 Å². The van der Waals surface area contributed by atoms with Crippen molar-refractivity contribution in [3.8, 4) is 10.4 Å². The molecule has 0 aliphatic carbocycles. The Labute approximate surface area is 218 Å². The van der Waals surface area contributed by atoms with E-state index in [1.165, 1.54) is 12.1 Å². The highest BCUT2D eigenvalue weighted by atomic mass is 32.2. The summed E-state index contributed by atoms with van der Waals surface area (Å²) in [4.78, 5) is 16.8. The molecule has 0 bridgehead atoms. The molecule has 37 heavy (non-hydrogen) atoms. The number of fused-ring (bicyclic) bond motifs is 1. The molecule has 0 saturated carbocycles. The van der Waals surface area contributed by atoms with Crippen LogP contribution in [-0.4, -0.2) is 50.8 Å². The van der Waals surface area contributed by atoms with Gasteiger partial charge in [-0.2, -0.15) is 0 Å². The van der Waals surface area contributed by atoms with Gasteiger partial charge in [0, 0.05) is 22.5 Å². The Morgan fingerprint density at radius 2 is 1.70 bits per heavy atom. The van der Waals surface area contributed by atoms with Gasteiger partial charge in [0.05, 0.1) is 21.3 Å². The van der Waals surface area contributed by atoms with E-state index in [1.807, 2.05) is 0 Å². The fourth-order valence-corrected chi connectivity index (χ4v) is 8.35. The Morgan fingerprint density at radius 3 is 2.30 bits per heavy atom. The molecule has 200 valence electrons. The first-order chi connectivity index (χ1) is 17.2. The van der Waals surface area contributed by atoms with Crippen LogP contribution in [0, 0.1) is 0 Å². The van der Waals surface area contributed by atoms with Crippen LogP contribution in [0.5, 0.6) is 0 Å². The maximum Gasteiger partial charge on any atom is 0.281 e. The first-order valence-corrected chi connectivity index (χ1v) is 15.7. The molecule has 1 aliphatic heterocycles. The predicted molar refractivity (Wildman–Crippen MR) is 139 cm³/mol. The molecule has 0 spiro atoms. The molecule has 2 N–H and O–H groups in total. The maximum absolute atomic E-state index is 14.0. The highest BCUT2D eigenvalue weighted by molar-refractivity contribution is 7.91. The summed E-state index contributed by atoms with van der Waals surface area (Å²) in [5.74, 6) is -0.746. The van der Waals surface area contributed by atoms with E-state index in [2.05, 4.69) is 15.0 Å². The summed E-state index contributed by atoms with van der Waals surface area (Å²) >= 11 is 0.789. The van der Waals surface area contributed by atoms with E-state index in [0.29, 0.717) is 16.3 Å². The lowest BCUT2D eigenvalue weighted by atomic mass is 10.0. The molecule has 1 aliphatic rings. The third-order valence-electron chi connectivity index (χ3n) is 5.80. The van der Waals surface area contributed by atoms with Crippen LogP contribution in [0.1, 0.15) is 55.5 Å². The summed E-state index contributed by atoms with van der Waals surface area (Å²) in [5.41, 5.74) is -0.972. The van der Waals surface area contributed by atoms with E-state index in [0.717, 1.165) is 11.3 Å². The van der Waals surface area contributed by atoms with E-state index < -0.39 is 43.4 Å². The van der Waals surface area contributed by atoms with Gasteiger partial charge in [0.2, 0.25) is 10.0 Å². The molecule has 1 aromatic heterocycles. The molecule has 2 heterocycles. The molecule has 0 unspecified atom stereocenters. The normalized spacial score (nSPS) is 16.8. The number of carbonyl (C=O) groups is 1. The summed E-state index contributed by atoms with van der Waals surface area (Å²) in [6, 6.07) is 9.00. The van der Waals surface area contributed by atoms with Crippen LogP contribution in [0.2, 0.25) is 0 Å². The zero-order chi connectivity index (χ0) is 27.2. The third kappa shape index (κ3) is 6.16. The van der Waals surface area contributed by atoms with Gasteiger partial charge in [-0.25, -0.2) is 35.3 Å². The number of halogens is 2. The van der Waals surface area contributed by atoms with Gasteiger partial charge >= 0.3 is 0 Å². The number of carbonyl (C=O) groups excluding carboxylic acids is 1. The Bertz CT molecular complexity index is 1550. The van der Waals surface area contributed by atoms with Gasteiger partial charge in [-0.05, 0) is 45.1 Å². The number of benzene rings is 2. The average Bonchev–Trinajstić information content (AvgIpc) is 3.24. The number of nitrogens with zero attached hydrogens (tertiary/aromatic N) is 1. The number of sulfonamides is 1. The Kier molecular flexibility index (Phi) is 7.45. The fraction of sp³-hybridized carbons (Fsp3) is 0.417. The van der Waals surface area contributed by atoms with Crippen molar-refractivity contribution >= 4 is 47.9 Å². The zero-order valence-corrected chi connectivity index (χ0v) is 22.9. The summed E-state index contributed by atoms with van der Waals surface area (Å²) in [5, 5.41) is 3.30. The average molecular weight is 572 g/mol. The Hall–Kier alpha value is -2.48. The number of thiazole rings is 1. The van der Waals surface area contributed by atoms with Gasteiger partial charge < -0.3 is 5.32 Å². The number of nitrogens with one attached hydrogen (secondary N) is 2. The molecule has 1 amide bonds. The summed E-state index contributed by atoms with van der Waals surface area (Å²) in [7, 11) is -7.04. The van der Waals surface area contributed by atoms with Gasteiger partial charge in [0.25, 0.3) is 12.3 Å². The molecule has 8 nitrogen and oxygen atoms in total. The topological polar surface area (TPSA) is 122 Å². The molecule has 4 rings (SSSR count). The minimum Gasteiger partial charge on any atom is -0.347 e. The van der Waals surface area contributed by atoms with Crippen LogP contribution >= 0.6 is 11.3 Å². The highest BCUT2D eigenvalue weighted by Crippen LogP contribution is 2.41. The van der Waals surface area contributed by atoms with Gasteiger partial charge in [0.15, 0.2) is 5.01 Å². The van der Waals surface area contributed by atoms with Gasteiger partial charge in [-0.15, -0.1) is 11.3 Å². The molecular formula is C24H27F2N3O5S3. The molecule has 13 heteroatoms. The monoisotopic (exact) mass is 571 g/mol. The van der Waals surface area contributed by atoms with Crippen molar-refractivity contribution in [2.75, 3.05) is 11.5 Å². The number of hydrogen-bond acceptors (Lipinski definition) is 7. The van der Waals surface area contributed by atoms with Crippen molar-refractivity contribution in [3.63, 3.8) is 0 Å². The SMILES string of the molecule is CC(C)(C)NS(=O)(=O)c1ccc(-c2sc(C(=O)NC3CCS(=O)(=O)CC3)nc2C(F)F)c2ccccc12. The minimum atomic E-state index is -3.92. The van der Waals surface area contributed by atoms with Crippen LogP contribution in [0.3, 0.4) is 0 Å². The van der Waals surface area contributed by atoms with Crippen molar-refractivity contribution in [1.29, 1.82) is 0 Å². The Morgan fingerprint density at radius 1 is 1.08 bits per heavy atom. The molecule has 1 saturated heterocycles. The van der Waals surface area contributed by atoms with Gasteiger partial charge in [-0.1, -0.05) is 30.3 Å². The van der Waals surface area contributed by atoms with E-state index in [9.17, 15) is 30.4 Å². The third-order valence-corrected chi connectivity index (χ3v) is 10.4. The molecule has 3 aromatic rings. The molecule has 0 radical (unpaired) electrons. The lowest BCUT2D eigenvalue weighted by Crippen LogP contribution is -2.40. The van der Waals surface area contributed by atoms with Crippen molar-refractivity contribution in [2.24, 2.45) is 0 Å². The lowest BCUT2D eigenvalue weighted by Gasteiger charge is -2.22. The second-order valence-electron chi connectivity index (χ2n) is 9.95. The highest BCUT2D eigenvalue weighted by Gasteiger charge is 2.30. The number of alkyl halides is 2. The largest absolute Gasteiger partial charge is 0.347 e. The summed E-state index contributed by atoms with van der Waals surface area (Å²) in [6.07, 6.45) is -2.48. The summed E-state index contributed by atoms with van der Waals surface area (Å²) in [6.45, 7) is 5.14. The van der Waals surface area contributed by atoms with E-state index >= 15 is 0 Å². The molecular weight excluding hydrogens is 544 g/mol. The smallest absolute Gasteiger partial charge is 0.281 e. The number of sulfone groups is 1. The van der Waals surface area contributed by atoms with Crippen LogP contribution < -0.4 is 10.0 Å². The number of hydrogen-bond donors (Lipinski definition) is 2. The zero-order valence-electron chi connectivity index (χ0n) is 20.4. The van der Waals surface area contributed by atoms with Crippen LogP contribution in [0.25, 0.3) is 21.2 Å². The first-order valence-electron chi connectivity index (χ1n) is 11.5. The molecule has 0 atom stereocenters. The van der Waals surface area contributed by atoms with Crippen molar-refractivity contribution < 1.29 is 30.4 Å². The van der Waals surface area contributed by atoms with Crippen molar-refractivity contribution in [2.45, 2.75) is 56.5 Å². The van der Waals surface area contributed by atoms with E-state index in [1.54, 1.807) is 45.0 Å². The molecule has 2 aromatic carbocycles. The maximum atomic E-state index is 14.0. The first kappa shape index (κ1) is 27.6. The van der Waals surface area contributed by atoms with Crippen LogP contribution in [0.4, 0.5) is 8.78 Å². The number of rotatable bonds is 6. The van der Waals surface area contributed by atoms with Gasteiger partial charge in [0.1, 0.15) is 15.5 Å². The van der Waals surface area contributed by atoms with Crippen LogP contribution in [0.15, 0.2) is 41.3 Å². The van der Waals surface area contributed by atoms with Gasteiger partial charge in [-0.3, -0.25) is 4.79 Å². The number of amides is 1.